The maximum absolute atomic E-state index is 12.2. The number of nitrogens with zero attached hydrogens (tertiary/aromatic N) is 2. The largest absolute Gasteiger partial charge is 0.334 e. The average Bonchev–Trinajstić information content (AvgIpc) is 2.46. The number of hydrogen-bond acceptors (Lipinski definition) is 3. The normalized spacial score (nSPS) is 16.9. The zero-order chi connectivity index (χ0) is 14.8. The summed E-state index contributed by atoms with van der Waals surface area (Å²) in [6.45, 7) is 12.3. The zero-order valence-electron chi connectivity index (χ0n) is 12.8. The van der Waals surface area contributed by atoms with Gasteiger partial charge in [-0.15, -0.1) is 13.2 Å². The molecule has 4 nitrogen and oxygen atoms in total. The monoisotopic (exact) mass is 279 g/mol. The van der Waals surface area contributed by atoms with Gasteiger partial charge in [0.05, 0.1) is 6.54 Å². The van der Waals surface area contributed by atoms with Crippen LogP contribution in [0, 0.1) is 5.92 Å². The van der Waals surface area contributed by atoms with Crippen LogP contribution in [0.2, 0.25) is 0 Å². The molecule has 1 amide bonds. The summed E-state index contributed by atoms with van der Waals surface area (Å²) < 4.78 is 0. The third-order valence-electron chi connectivity index (χ3n) is 3.92. The Labute approximate surface area is 123 Å². The molecule has 4 heteroatoms. The molecule has 20 heavy (non-hydrogen) atoms. The summed E-state index contributed by atoms with van der Waals surface area (Å²) in [6.07, 6.45) is 7.20. The highest BCUT2D eigenvalue weighted by molar-refractivity contribution is 5.78. The van der Waals surface area contributed by atoms with Crippen LogP contribution in [0.4, 0.5) is 0 Å². The molecule has 1 aliphatic heterocycles. The molecule has 0 unspecified atom stereocenters. The van der Waals surface area contributed by atoms with Gasteiger partial charge in [0.2, 0.25) is 5.91 Å². The first kappa shape index (κ1) is 16.9. The van der Waals surface area contributed by atoms with Crippen LogP contribution in [0.5, 0.6) is 0 Å². The van der Waals surface area contributed by atoms with Crippen molar-refractivity contribution < 1.29 is 4.79 Å². The van der Waals surface area contributed by atoms with E-state index in [-0.39, 0.29) is 5.91 Å². The summed E-state index contributed by atoms with van der Waals surface area (Å²) in [7, 11) is 2.00. The van der Waals surface area contributed by atoms with Crippen molar-refractivity contribution in [1.82, 2.24) is 15.1 Å². The van der Waals surface area contributed by atoms with E-state index < -0.39 is 0 Å². The number of nitrogens with one attached hydrogen (secondary N) is 1. The highest BCUT2D eigenvalue weighted by Crippen LogP contribution is 2.19. The van der Waals surface area contributed by atoms with Gasteiger partial charge in [0.15, 0.2) is 0 Å². The van der Waals surface area contributed by atoms with Crippen LogP contribution in [0.3, 0.4) is 0 Å². The molecule has 1 rings (SSSR count). The molecule has 0 aromatic heterocycles. The summed E-state index contributed by atoms with van der Waals surface area (Å²) in [4.78, 5) is 16.3. The van der Waals surface area contributed by atoms with Crippen LogP contribution < -0.4 is 5.32 Å². The SMILES string of the molecule is C=CCN(CC=C)C(=O)CN1CCC(CCNC)CC1. The smallest absolute Gasteiger partial charge is 0.237 e. The van der Waals surface area contributed by atoms with E-state index in [1.54, 1.807) is 17.1 Å². The maximum Gasteiger partial charge on any atom is 0.237 e. The number of hydrogen-bond donors (Lipinski definition) is 1. The van der Waals surface area contributed by atoms with Crippen molar-refractivity contribution in [2.75, 3.05) is 46.3 Å². The molecule has 0 radical (unpaired) electrons. The van der Waals surface area contributed by atoms with E-state index in [2.05, 4.69) is 23.4 Å². The van der Waals surface area contributed by atoms with E-state index in [0.717, 1.165) is 25.6 Å². The van der Waals surface area contributed by atoms with Crippen LogP contribution in [0.15, 0.2) is 25.3 Å². The number of carbonyl (C=O) groups excluding carboxylic acids is 1. The molecule has 1 N–H and O–H groups in total. The second-order valence-electron chi connectivity index (χ2n) is 5.49. The predicted octanol–water partition coefficient (Wildman–Crippen LogP) is 1.51. The number of carbonyl (C=O) groups is 1. The fourth-order valence-electron chi connectivity index (χ4n) is 2.66. The Kier molecular flexibility index (Phi) is 8.23. The molecular formula is C16H29N3O. The summed E-state index contributed by atoms with van der Waals surface area (Å²) in [6, 6.07) is 0. The third kappa shape index (κ3) is 5.88. The third-order valence-corrected chi connectivity index (χ3v) is 3.92. The van der Waals surface area contributed by atoms with Gasteiger partial charge in [0.1, 0.15) is 0 Å². The van der Waals surface area contributed by atoms with Crippen LogP contribution in [-0.4, -0.2) is 62.0 Å². The minimum atomic E-state index is 0.179. The highest BCUT2D eigenvalue weighted by Gasteiger charge is 2.22. The van der Waals surface area contributed by atoms with Crippen LogP contribution in [-0.2, 0) is 4.79 Å². The van der Waals surface area contributed by atoms with E-state index in [1.807, 2.05) is 7.05 Å². The lowest BCUT2D eigenvalue weighted by Gasteiger charge is -2.32. The molecule has 1 heterocycles. The lowest BCUT2D eigenvalue weighted by molar-refractivity contribution is -0.131. The first-order valence-corrected chi connectivity index (χ1v) is 7.57. The number of likely N-dealkylation sites (tertiary alicyclic amines) is 1. The molecule has 0 aromatic rings. The van der Waals surface area contributed by atoms with E-state index in [9.17, 15) is 4.79 Å². The van der Waals surface area contributed by atoms with E-state index >= 15 is 0 Å². The van der Waals surface area contributed by atoms with Crippen molar-refractivity contribution in [3.05, 3.63) is 25.3 Å². The van der Waals surface area contributed by atoms with Crippen molar-refractivity contribution in [2.24, 2.45) is 5.92 Å². The standard InChI is InChI=1S/C16H29N3O/c1-4-10-19(11-5-2)16(20)14-18-12-7-15(8-13-18)6-9-17-3/h4-5,15,17H,1-2,6-14H2,3H3. The number of rotatable bonds is 9. The minimum absolute atomic E-state index is 0.179. The van der Waals surface area contributed by atoms with Gasteiger partial charge in [-0.05, 0) is 51.9 Å². The van der Waals surface area contributed by atoms with E-state index in [1.165, 1.54) is 19.3 Å². The quantitative estimate of drug-likeness (QED) is 0.650. The summed E-state index contributed by atoms with van der Waals surface area (Å²) >= 11 is 0. The molecule has 0 aliphatic carbocycles. The van der Waals surface area contributed by atoms with Gasteiger partial charge in [-0.3, -0.25) is 9.69 Å². The Morgan fingerprint density at radius 1 is 1.30 bits per heavy atom. The van der Waals surface area contributed by atoms with Crippen LogP contribution in [0.25, 0.3) is 0 Å². The topological polar surface area (TPSA) is 35.6 Å². The summed E-state index contributed by atoms with van der Waals surface area (Å²) in [5, 5.41) is 3.21. The Bertz CT molecular complexity index is 299. The molecule has 0 saturated carbocycles. The number of amides is 1. The van der Waals surface area contributed by atoms with Crippen molar-refractivity contribution in [3.63, 3.8) is 0 Å². The molecule has 114 valence electrons. The second kappa shape index (κ2) is 9.72. The molecule has 1 saturated heterocycles. The minimum Gasteiger partial charge on any atom is -0.334 e. The molecule has 1 fully saturated rings. The lowest BCUT2D eigenvalue weighted by Crippen LogP contribution is -2.43. The second-order valence-corrected chi connectivity index (χ2v) is 5.49. The van der Waals surface area contributed by atoms with Crippen molar-refractivity contribution in [3.8, 4) is 0 Å². The molecule has 0 aromatic carbocycles. The Morgan fingerprint density at radius 2 is 1.90 bits per heavy atom. The van der Waals surface area contributed by atoms with Gasteiger partial charge in [-0.1, -0.05) is 12.2 Å². The highest BCUT2D eigenvalue weighted by atomic mass is 16.2. The molecule has 1 aliphatic rings. The van der Waals surface area contributed by atoms with Crippen LogP contribution in [0.1, 0.15) is 19.3 Å². The van der Waals surface area contributed by atoms with Gasteiger partial charge in [0, 0.05) is 13.1 Å². The molecule has 0 bridgehead atoms. The fourth-order valence-corrected chi connectivity index (χ4v) is 2.66. The van der Waals surface area contributed by atoms with E-state index in [0.29, 0.717) is 19.6 Å². The van der Waals surface area contributed by atoms with Gasteiger partial charge < -0.3 is 10.2 Å². The maximum atomic E-state index is 12.2. The molecular weight excluding hydrogens is 250 g/mol. The summed E-state index contributed by atoms with van der Waals surface area (Å²) in [5.74, 6) is 0.990. The molecule has 0 atom stereocenters. The van der Waals surface area contributed by atoms with Crippen LogP contribution >= 0.6 is 0 Å². The van der Waals surface area contributed by atoms with Gasteiger partial charge in [-0.25, -0.2) is 0 Å². The van der Waals surface area contributed by atoms with E-state index in [4.69, 9.17) is 0 Å². The first-order chi connectivity index (χ1) is 9.71. The average molecular weight is 279 g/mol. The Hall–Kier alpha value is -1.13. The summed E-state index contributed by atoms with van der Waals surface area (Å²) in [5.41, 5.74) is 0. The lowest BCUT2D eigenvalue weighted by atomic mass is 9.93. The Morgan fingerprint density at radius 3 is 2.40 bits per heavy atom. The molecule has 0 spiro atoms. The van der Waals surface area contributed by atoms with Gasteiger partial charge in [0.25, 0.3) is 0 Å². The Balaban J connectivity index is 2.32. The zero-order valence-corrected chi connectivity index (χ0v) is 12.8. The predicted molar refractivity (Wildman–Crippen MR) is 84.7 cm³/mol. The fraction of sp³-hybridized carbons (Fsp3) is 0.688. The van der Waals surface area contributed by atoms with Crippen molar-refractivity contribution in [1.29, 1.82) is 0 Å². The van der Waals surface area contributed by atoms with Crippen molar-refractivity contribution >= 4 is 5.91 Å². The van der Waals surface area contributed by atoms with Crippen molar-refractivity contribution in [2.45, 2.75) is 19.3 Å². The first-order valence-electron chi connectivity index (χ1n) is 7.57. The van der Waals surface area contributed by atoms with Gasteiger partial charge in [-0.2, -0.15) is 0 Å². The van der Waals surface area contributed by atoms with Gasteiger partial charge >= 0.3 is 0 Å². The number of piperidine rings is 1.